The Labute approximate surface area is 218 Å². The Kier molecular flexibility index (Phi) is 6.25. The van der Waals surface area contributed by atoms with Crippen molar-refractivity contribution in [2.24, 2.45) is 0 Å². The molecule has 186 valence electrons. The standard InChI is InChI=1S/C24H16Cl2FN7O3/c25-15-8-16(10-30-9-15)34-22(35)20(14-1-2-18(27)17(26)7-14)21(33(6-3-28)23(34)36)32-12-24(37,13-32)19-11-29-4-5-31-19/h1-2,4-5,7-11,37H,6,12-13H2. The van der Waals surface area contributed by atoms with Crippen molar-refractivity contribution in [2.75, 3.05) is 18.0 Å². The fourth-order valence-electron chi connectivity index (χ4n) is 4.27. The average Bonchev–Trinajstić information content (AvgIpc) is 2.86. The molecule has 0 atom stereocenters. The summed E-state index contributed by atoms with van der Waals surface area (Å²) in [6.45, 7) is -0.536. The summed E-state index contributed by atoms with van der Waals surface area (Å²) >= 11 is 12.1. The first-order chi connectivity index (χ1) is 17.7. The van der Waals surface area contributed by atoms with Gasteiger partial charge in [-0.2, -0.15) is 5.26 Å². The smallest absolute Gasteiger partial charge is 0.338 e. The van der Waals surface area contributed by atoms with Gasteiger partial charge in [0.1, 0.15) is 23.8 Å². The maximum absolute atomic E-state index is 14.0. The van der Waals surface area contributed by atoms with E-state index in [4.69, 9.17) is 23.2 Å². The van der Waals surface area contributed by atoms with Gasteiger partial charge in [-0.25, -0.2) is 13.8 Å². The Morgan fingerprint density at radius 2 is 1.89 bits per heavy atom. The van der Waals surface area contributed by atoms with Crippen molar-refractivity contribution in [3.05, 3.63) is 97.6 Å². The van der Waals surface area contributed by atoms with Crippen molar-refractivity contribution in [2.45, 2.75) is 12.1 Å². The normalized spacial score (nSPS) is 14.2. The molecule has 4 aromatic rings. The van der Waals surface area contributed by atoms with Crippen molar-refractivity contribution in [1.29, 1.82) is 5.26 Å². The number of anilines is 1. The molecule has 0 radical (unpaired) electrons. The van der Waals surface area contributed by atoms with Gasteiger partial charge in [-0.3, -0.25) is 24.3 Å². The van der Waals surface area contributed by atoms with E-state index in [0.717, 1.165) is 15.2 Å². The van der Waals surface area contributed by atoms with E-state index in [9.17, 15) is 24.3 Å². The summed E-state index contributed by atoms with van der Waals surface area (Å²) in [5.41, 5.74) is -2.44. The molecule has 1 aliphatic rings. The molecule has 1 fully saturated rings. The first-order valence-corrected chi connectivity index (χ1v) is 11.6. The molecule has 37 heavy (non-hydrogen) atoms. The van der Waals surface area contributed by atoms with Crippen LogP contribution in [-0.4, -0.2) is 42.3 Å². The lowest BCUT2D eigenvalue weighted by atomic mass is 9.89. The molecule has 5 rings (SSSR count). The van der Waals surface area contributed by atoms with Crippen LogP contribution < -0.4 is 16.1 Å². The number of pyridine rings is 1. The third-order valence-electron chi connectivity index (χ3n) is 5.95. The summed E-state index contributed by atoms with van der Waals surface area (Å²) in [6, 6.07) is 7.02. The van der Waals surface area contributed by atoms with Crippen LogP contribution in [0.5, 0.6) is 0 Å². The molecule has 0 amide bonds. The largest absolute Gasteiger partial charge is 0.380 e. The summed E-state index contributed by atoms with van der Waals surface area (Å²) in [6.07, 6.45) is 6.95. The van der Waals surface area contributed by atoms with Gasteiger partial charge in [0.15, 0.2) is 0 Å². The zero-order chi connectivity index (χ0) is 26.3. The van der Waals surface area contributed by atoms with E-state index >= 15 is 0 Å². The predicted molar refractivity (Wildman–Crippen MR) is 133 cm³/mol. The summed E-state index contributed by atoms with van der Waals surface area (Å²) < 4.78 is 15.9. The first-order valence-electron chi connectivity index (χ1n) is 10.8. The Bertz CT molecular complexity index is 1680. The summed E-state index contributed by atoms with van der Waals surface area (Å²) in [5, 5.41) is 20.6. The van der Waals surface area contributed by atoms with Crippen molar-refractivity contribution in [3.63, 3.8) is 0 Å². The van der Waals surface area contributed by atoms with E-state index in [2.05, 4.69) is 15.0 Å². The Morgan fingerprint density at radius 1 is 1.11 bits per heavy atom. The number of nitrogens with zero attached hydrogens (tertiary/aromatic N) is 7. The molecule has 0 aliphatic carbocycles. The van der Waals surface area contributed by atoms with E-state index < -0.39 is 29.2 Å². The second kappa shape index (κ2) is 9.40. The van der Waals surface area contributed by atoms with Gasteiger partial charge in [0.05, 0.1) is 58.5 Å². The lowest BCUT2D eigenvalue weighted by Crippen LogP contribution is -2.62. The van der Waals surface area contributed by atoms with Crippen LogP contribution >= 0.6 is 23.2 Å². The maximum Gasteiger partial charge on any atom is 0.338 e. The number of rotatable bonds is 5. The molecular formula is C24H16Cl2FN7O3. The SMILES string of the molecule is N#CCn1c(N2CC(O)(c3cnccn3)C2)c(-c2ccc(F)c(Cl)c2)c(=O)n(-c2cncc(Cl)c2)c1=O. The molecule has 0 saturated carbocycles. The minimum atomic E-state index is -1.41. The van der Waals surface area contributed by atoms with E-state index in [1.54, 1.807) is 4.90 Å². The van der Waals surface area contributed by atoms with Crippen LogP contribution in [0.3, 0.4) is 0 Å². The first kappa shape index (κ1) is 24.6. The highest BCUT2D eigenvalue weighted by Crippen LogP contribution is 2.38. The van der Waals surface area contributed by atoms with Crippen LogP contribution in [0.2, 0.25) is 10.0 Å². The molecule has 10 nitrogen and oxygen atoms in total. The molecule has 1 aromatic carbocycles. The van der Waals surface area contributed by atoms with Crippen LogP contribution in [0.4, 0.5) is 10.2 Å². The molecule has 4 heterocycles. The number of aromatic nitrogens is 5. The lowest BCUT2D eigenvalue weighted by molar-refractivity contribution is 0.00217. The number of benzene rings is 1. The van der Waals surface area contributed by atoms with E-state index in [1.807, 2.05) is 6.07 Å². The third-order valence-corrected chi connectivity index (χ3v) is 6.44. The molecule has 1 N–H and O–H groups in total. The molecule has 13 heteroatoms. The number of β-amino-alcohol motifs (C(OH)–C–C–N with tert-alkyl or cyclic N) is 1. The Morgan fingerprint density at radius 3 is 2.54 bits per heavy atom. The topological polar surface area (TPSA) is 130 Å². The van der Waals surface area contributed by atoms with E-state index in [-0.39, 0.29) is 45.8 Å². The van der Waals surface area contributed by atoms with Gasteiger partial charge in [-0.15, -0.1) is 0 Å². The third kappa shape index (κ3) is 4.25. The number of aliphatic hydroxyl groups is 1. The molecular weight excluding hydrogens is 524 g/mol. The van der Waals surface area contributed by atoms with Crippen molar-refractivity contribution in [3.8, 4) is 22.9 Å². The van der Waals surface area contributed by atoms with Gasteiger partial charge >= 0.3 is 5.69 Å². The number of hydrogen-bond acceptors (Lipinski definition) is 8. The Hall–Kier alpha value is -4.11. The Balaban J connectivity index is 1.78. The fraction of sp³-hybridized carbons (Fsp3) is 0.167. The number of nitriles is 1. The van der Waals surface area contributed by atoms with Crippen LogP contribution in [0, 0.1) is 17.1 Å². The van der Waals surface area contributed by atoms with E-state index in [0.29, 0.717) is 5.69 Å². The number of hydrogen-bond donors (Lipinski definition) is 1. The minimum Gasteiger partial charge on any atom is -0.380 e. The zero-order valence-electron chi connectivity index (χ0n) is 18.8. The molecule has 0 bridgehead atoms. The summed E-state index contributed by atoms with van der Waals surface area (Å²) in [4.78, 5) is 41.2. The van der Waals surface area contributed by atoms with Crippen LogP contribution in [0.1, 0.15) is 5.69 Å². The lowest BCUT2D eigenvalue weighted by Gasteiger charge is -2.48. The van der Waals surface area contributed by atoms with Gasteiger partial charge in [0.25, 0.3) is 5.56 Å². The minimum absolute atomic E-state index is 0.0297. The van der Waals surface area contributed by atoms with Gasteiger partial charge in [-0.05, 0) is 23.8 Å². The second-order valence-electron chi connectivity index (χ2n) is 8.33. The molecule has 1 aliphatic heterocycles. The molecule has 0 unspecified atom stereocenters. The summed E-state index contributed by atoms with van der Waals surface area (Å²) in [5.74, 6) is -0.628. The molecule has 3 aromatic heterocycles. The van der Waals surface area contributed by atoms with Crippen molar-refractivity contribution in [1.82, 2.24) is 24.1 Å². The molecule has 1 saturated heterocycles. The quantitative estimate of drug-likeness (QED) is 0.409. The maximum atomic E-state index is 14.0. The van der Waals surface area contributed by atoms with Gasteiger partial charge in [0.2, 0.25) is 0 Å². The van der Waals surface area contributed by atoms with Gasteiger partial charge in [-0.1, -0.05) is 29.3 Å². The van der Waals surface area contributed by atoms with E-state index in [1.165, 1.54) is 49.2 Å². The van der Waals surface area contributed by atoms with Crippen molar-refractivity contribution < 1.29 is 9.50 Å². The van der Waals surface area contributed by atoms with Crippen LogP contribution in [0.25, 0.3) is 16.8 Å². The number of halogens is 3. The van der Waals surface area contributed by atoms with Gasteiger partial charge < -0.3 is 10.0 Å². The predicted octanol–water partition coefficient (Wildman–Crippen LogP) is 2.53. The average molecular weight is 540 g/mol. The van der Waals surface area contributed by atoms with Crippen LogP contribution in [0.15, 0.2) is 64.8 Å². The van der Waals surface area contributed by atoms with Crippen molar-refractivity contribution >= 4 is 29.0 Å². The monoisotopic (exact) mass is 539 g/mol. The second-order valence-corrected chi connectivity index (χ2v) is 9.18. The highest BCUT2D eigenvalue weighted by Gasteiger charge is 2.46. The summed E-state index contributed by atoms with van der Waals surface area (Å²) in [7, 11) is 0. The zero-order valence-corrected chi connectivity index (χ0v) is 20.4. The molecule has 0 spiro atoms. The highest BCUT2D eigenvalue weighted by molar-refractivity contribution is 6.31. The fourth-order valence-corrected chi connectivity index (χ4v) is 4.62. The highest BCUT2D eigenvalue weighted by atomic mass is 35.5. The van der Waals surface area contributed by atoms with Crippen LogP contribution in [-0.2, 0) is 12.1 Å². The van der Waals surface area contributed by atoms with Gasteiger partial charge in [0, 0.05) is 18.6 Å².